The number of rotatable bonds is 7. The third-order valence-electron chi connectivity index (χ3n) is 5.01. The molecule has 0 atom stereocenters. The predicted octanol–water partition coefficient (Wildman–Crippen LogP) is 4.25. The van der Waals surface area contributed by atoms with E-state index in [0.717, 1.165) is 15.7 Å². The van der Waals surface area contributed by atoms with E-state index in [0.29, 0.717) is 35.9 Å². The Hall–Kier alpha value is -2.85. The van der Waals surface area contributed by atoms with Crippen LogP contribution in [0.25, 0.3) is 21.9 Å². The first kappa shape index (κ1) is 22.3. The Morgan fingerprint density at radius 2 is 1.94 bits per heavy atom. The van der Waals surface area contributed by atoms with Crippen molar-refractivity contribution in [1.82, 2.24) is 29.2 Å². The van der Waals surface area contributed by atoms with E-state index in [2.05, 4.69) is 20.4 Å². The van der Waals surface area contributed by atoms with Crippen LogP contribution in [0.2, 0.25) is 5.15 Å². The lowest BCUT2D eigenvalue weighted by Gasteiger charge is -2.12. The molecule has 0 unspecified atom stereocenters. The van der Waals surface area contributed by atoms with Crippen molar-refractivity contribution in [3.63, 3.8) is 0 Å². The van der Waals surface area contributed by atoms with E-state index in [1.165, 1.54) is 0 Å². The summed E-state index contributed by atoms with van der Waals surface area (Å²) in [7, 11) is 5.70. The van der Waals surface area contributed by atoms with Crippen molar-refractivity contribution in [2.24, 2.45) is 7.05 Å². The molecule has 11 heteroatoms. The Kier molecular flexibility index (Phi) is 6.00. The van der Waals surface area contributed by atoms with E-state index >= 15 is 0 Å². The number of alkyl halides is 3. The Balaban J connectivity index is 1.75. The fourth-order valence-corrected chi connectivity index (χ4v) is 4.06. The maximum Gasteiger partial charge on any atom is 0.406 e. The molecule has 0 saturated heterocycles. The number of anilines is 1. The zero-order valence-electron chi connectivity index (χ0n) is 17.9. The van der Waals surface area contributed by atoms with Crippen LogP contribution in [0, 0.1) is 0 Å². The number of benzene rings is 1. The van der Waals surface area contributed by atoms with Crippen molar-refractivity contribution in [3.05, 3.63) is 46.9 Å². The minimum Gasteiger partial charge on any atom is -0.354 e. The fraction of sp³-hybridized carbons (Fsp3) is 0.381. The predicted molar refractivity (Wildman–Crippen MR) is 119 cm³/mol. The van der Waals surface area contributed by atoms with Crippen LogP contribution in [0.4, 0.5) is 19.1 Å². The molecule has 0 bridgehead atoms. The quantitative estimate of drug-likeness (QED) is 0.413. The van der Waals surface area contributed by atoms with Gasteiger partial charge in [-0.05, 0) is 43.8 Å². The second-order valence-corrected chi connectivity index (χ2v) is 8.38. The van der Waals surface area contributed by atoms with Crippen LogP contribution in [0.1, 0.15) is 11.1 Å². The van der Waals surface area contributed by atoms with Gasteiger partial charge < -0.3 is 14.8 Å². The van der Waals surface area contributed by atoms with Crippen molar-refractivity contribution in [2.75, 3.05) is 26.0 Å². The van der Waals surface area contributed by atoms with Crippen molar-refractivity contribution in [3.8, 4) is 0 Å². The summed E-state index contributed by atoms with van der Waals surface area (Å²) in [5.74, 6) is 0.274. The highest BCUT2D eigenvalue weighted by Gasteiger charge is 2.31. The number of hydrogen-bond donors (Lipinski definition) is 1. The minimum atomic E-state index is -4.41. The van der Waals surface area contributed by atoms with Crippen LogP contribution in [-0.4, -0.2) is 56.0 Å². The van der Waals surface area contributed by atoms with Crippen molar-refractivity contribution in [1.29, 1.82) is 0 Å². The van der Waals surface area contributed by atoms with Crippen LogP contribution in [-0.2, 0) is 26.6 Å². The average Bonchev–Trinajstić information content (AvgIpc) is 3.22. The number of aryl methyl sites for hydroxylation is 1. The lowest BCUT2D eigenvalue weighted by atomic mass is 10.1. The third kappa shape index (κ3) is 4.81. The first-order valence-electron chi connectivity index (χ1n) is 10.0. The average molecular weight is 466 g/mol. The van der Waals surface area contributed by atoms with Crippen molar-refractivity contribution >= 4 is 39.5 Å². The summed E-state index contributed by atoms with van der Waals surface area (Å²) >= 11 is 6.39. The zero-order chi connectivity index (χ0) is 23.0. The molecule has 4 aromatic rings. The van der Waals surface area contributed by atoms with Crippen molar-refractivity contribution in [2.45, 2.75) is 25.7 Å². The monoisotopic (exact) mass is 465 g/mol. The first-order valence-corrected chi connectivity index (χ1v) is 10.4. The summed E-state index contributed by atoms with van der Waals surface area (Å²) in [5, 5.41) is 7.85. The van der Waals surface area contributed by atoms with Gasteiger partial charge in [0.2, 0.25) is 5.95 Å². The second kappa shape index (κ2) is 8.59. The molecule has 3 aromatic heterocycles. The molecule has 0 spiro atoms. The molecule has 0 fully saturated rings. The number of nitrogens with one attached hydrogen (secondary N) is 1. The summed E-state index contributed by atoms with van der Waals surface area (Å²) < 4.78 is 42.9. The maximum atomic E-state index is 13.3. The smallest absolute Gasteiger partial charge is 0.354 e. The standard InChI is InChI=1S/C21H23ClF3N7/c1-30(2)10-13-4-5-16-15(8-13)17-18(32(16)12-21(23,24)25)19(22)29-20(28-17)26-7-6-14-9-27-31(3)11-14/h4-5,8-9,11H,6-7,10,12H2,1-3H3,(H,26,28,29). The lowest BCUT2D eigenvalue weighted by molar-refractivity contribution is -0.139. The highest BCUT2D eigenvalue weighted by molar-refractivity contribution is 6.35. The minimum absolute atomic E-state index is 0.0199. The van der Waals surface area contributed by atoms with E-state index in [-0.39, 0.29) is 16.6 Å². The molecule has 0 amide bonds. The molecule has 1 aromatic carbocycles. The summed E-state index contributed by atoms with van der Waals surface area (Å²) in [6.07, 6.45) is -0.0354. The molecule has 32 heavy (non-hydrogen) atoms. The molecule has 170 valence electrons. The zero-order valence-corrected chi connectivity index (χ0v) is 18.7. The molecule has 4 rings (SSSR count). The highest BCUT2D eigenvalue weighted by atomic mass is 35.5. The van der Waals surface area contributed by atoms with Crippen LogP contribution in [0.15, 0.2) is 30.6 Å². The van der Waals surface area contributed by atoms with Crippen molar-refractivity contribution < 1.29 is 13.2 Å². The summed E-state index contributed by atoms with van der Waals surface area (Å²) in [5.41, 5.74) is 3.01. The van der Waals surface area contributed by atoms with Gasteiger partial charge >= 0.3 is 6.18 Å². The second-order valence-electron chi connectivity index (χ2n) is 8.02. The fourth-order valence-electron chi connectivity index (χ4n) is 3.79. The number of nitrogens with zero attached hydrogens (tertiary/aromatic N) is 6. The van der Waals surface area contributed by atoms with Gasteiger partial charge in [0, 0.05) is 31.7 Å². The Morgan fingerprint density at radius 1 is 1.16 bits per heavy atom. The van der Waals surface area contributed by atoms with E-state index in [9.17, 15) is 13.2 Å². The molecule has 7 nitrogen and oxygen atoms in total. The summed E-state index contributed by atoms with van der Waals surface area (Å²) in [6, 6.07) is 5.38. The largest absolute Gasteiger partial charge is 0.406 e. The molecule has 0 aliphatic heterocycles. The van der Waals surface area contributed by atoms with Crippen LogP contribution in [0.3, 0.4) is 0 Å². The van der Waals surface area contributed by atoms with Gasteiger partial charge in [0.1, 0.15) is 17.6 Å². The van der Waals surface area contributed by atoms with E-state index in [4.69, 9.17) is 11.6 Å². The molecule has 0 saturated carbocycles. The number of halogens is 4. The van der Waals surface area contributed by atoms with Gasteiger partial charge in [-0.25, -0.2) is 4.98 Å². The number of aromatic nitrogens is 5. The van der Waals surface area contributed by atoms with Crippen LogP contribution < -0.4 is 5.32 Å². The van der Waals surface area contributed by atoms with Gasteiger partial charge in [-0.15, -0.1) is 0 Å². The molecule has 3 heterocycles. The molecule has 0 aliphatic rings. The molecule has 0 radical (unpaired) electrons. The molecule has 0 aliphatic carbocycles. The Labute approximate surface area is 187 Å². The summed E-state index contributed by atoms with van der Waals surface area (Å²) in [6.45, 7) is 0.00834. The van der Waals surface area contributed by atoms with E-state index < -0.39 is 12.7 Å². The van der Waals surface area contributed by atoms with E-state index in [1.54, 1.807) is 16.9 Å². The van der Waals surface area contributed by atoms with Gasteiger partial charge in [-0.3, -0.25) is 4.68 Å². The van der Waals surface area contributed by atoms with Gasteiger partial charge in [-0.2, -0.15) is 23.3 Å². The van der Waals surface area contributed by atoms with Gasteiger partial charge in [0.05, 0.1) is 11.7 Å². The van der Waals surface area contributed by atoms with Gasteiger partial charge in [0.15, 0.2) is 5.15 Å². The number of fused-ring (bicyclic) bond motifs is 3. The van der Waals surface area contributed by atoms with Crippen LogP contribution >= 0.6 is 11.6 Å². The molecular formula is C21H23ClF3N7. The third-order valence-corrected chi connectivity index (χ3v) is 5.27. The number of hydrogen-bond acceptors (Lipinski definition) is 5. The van der Waals surface area contributed by atoms with E-state index in [1.807, 2.05) is 44.4 Å². The SMILES string of the molecule is CN(C)Cc1ccc2c(c1)c1nc(NCCc3cnn(C)c3)nc(Cl)c1n2CC(F)(F)F. The normalized spacial score (nSPS) is 12.4. The lowest BCUT2D eigenvalue weighted by Crippen LogP contribution is -2.17. The summed E-state index contributed by atoms with van der Waals surface area (Å²) in [4.78, 5) is 10.8. The Bertz CT molecular complexity index is 1260. The van der Waals surface area contributed by atoms with Crippen LogP contribution in [0.5, 0.6) is 0 Å². The van der Waals surface area contributed by atoms with Gasteiger partial charge in [0.25, 0.3) is 0 Å². The topological polar surface area (TPSA) is 63.8 Å². The van der Waals surface area contributed by atoms with Gasteiger partial charge in [-0.1, -0.05) is 17.7 Å². The highest BCUT2D eigenvalue weighted by Crippen LogP contribution is 2.35. The first-order chi connectivity index (χ1) is 15.1. The maximum absolute atomic E-state index is 13.3. The Morgan fingerprint density at radius 3 is 2.59 bits per heavy atom. The molecular weight excluding hydrogens is 443 g/mol. The molecule has 1 N–H and O–H groups in total.